The second-order valence-corrected chi connectivity index (χ2v) is 3.37. The van der Waals surface area contributed by atoms with E-state index in [4.69, 9.17) is 0 Å². The molecule has 0 aromatic rings. The molecule has 0 aromatic carbocycles. The highest BCUT2D eigenvalue weighted by Crippen LogP contribution is 2.19. The summed E-state index contributed by atoms with van der Waals surface area (Å²) >= 11 is 0. The molecule has 1 saturated heterocycles. The molecule has 0 saturated carbocycles. The number of hydrogen-bond acceptors (Lipinski definition) is 5. The van der Waals surface area contributed by atoms with Crippen molar-refractivity contribution >= 4 is 0 Å². The van der Waals surface area contributed by atoms with Crippen molar-refractivity contribution in [1.82, 2.24) is 15.3 Å². The lowest BCUT2D eigenvalue weighted by Crippen LogP contribution is -2.45. The van der Waals surface area contributed by atoms with E-state index in [2.05, 4.69) is 10.3 Å². The first-order valence-electron chi connectivity index (χ1n) is 4.24. The molecule has 1 N–H and O–H groups in total. The number of nitrogens with one attached hydrogen (secondary N) is 1. The highest BCUT2D eigenvalue weighted by atomic mass is 16.6. The van der Waals surface area contributed by atoms with Crippen molar-refractivity contribution in [3.8, 4) is 0 Å². The summed E-state index contributed by atoms with van der Waals surface area (Å²) in [5, 5.41) is 12.5. The quantitative estimate of drug-likeness (QED) is 0.429. The first-order valence-corrected chi connectivity index (χ1v) is 4.24. The number of piperazine rings is 1. The van der Waals surface area contributed by atoms with Crippen LogP contribution in [0.25, 0.3) is 0 Å². The maximum atomic E-state index is 10.6. The largest absolute Gasteiger partial charge is 0.303 e. The Morgan fingerprint density at radius 1 is 1.54 bits per heavy atom. The summed E-state index contributed by atoms with van der Waals surface area (Å²) < 4.78 is 0. The van der Waals surface area contributed by atoms with Crippen molar-refractivity contribution in [2.75, 3.05) is 33.2 Å². The van der Waals surface area contributed by atoms with E-state index >= 15 is 0 Å². The van der Waals surface area contributed by atoms with Crippen molar-refractivity contribution in [3.63, 3.8) is 0 Å². The maximum Gasteiger partial charge on any atom is 0.283 e. The van der Waals surface area contributed by atoms with E-state index < -0.39 is 0 Å². The summed E-state index contributed by atoms with van der Waals surface area (Å²) in [4.78, 5) is 12.4. The van der Waals surface area contributed by atoms with Gasteiger partial charge in [-0.15, -0.1) is 0 Å². The number of hydrogen-bond donors (Lipinski definition) is 1. The normalized spacial score (nSPS) is 23.6. The van der Waals surface area contributed by atoms with Crippen LogP contribution in [-0.2, 0) is 0 Å². The van der Waals surface area contributed by atoms with Gasteiger partial charge < -0.3 is 5.01 Å². The minimum atomic E-state index is -0.290. The van der Waals surface area contributed by atoms with Crippen LogP contribution >= 0.6 is 0 Å². The van der Waals surface area contributed by atoms with Crippen molar-refractivity contribution < 1.29 is 4.92 Å². The third-order valence-electron chi connectivity index (χ3n) is 2.44. The van der Waals surface area contributed by atoms with Gasteiger partial charge in [-0.25, -0.2) is 5.43 Å². The fourth-order valence-electron chi connectivity index (χ4n) is 1.69. The Hall–Kier alpha value is -1.14. The van der Waals surface area contributed by atoms with E-state index in [0.29, 0.717) is 18.8 Å². The predicted molar refractivity (Wildman–Crippen MR) is 46.2 cm³/mol. The average molecular weight is 184 g/mol. The molecule has 0 aliphatic carbocycles. The zero-order valence-electron chi connectivity index (χ0n) is 7.49. The minimum absolute atomic E-state index is 0.290. The molecule has 2 aliphatic heterocycles. The summed E-state index contributed by atoms with van der Waals surface area (Å²) in [6.07, 6.45) is 0. The van der Waals surface area contributed by atoms with E-state index in [1.54, 1.807) is 0 Å². The minimum Gasteiger partial charge on any atom is -0.303 e. The maximum absolute atomic E-state index is 10.6. The number of likely N-dealkylation sites (N-methyl/N-ethyl adjacent to an activating group) is 1. The number of fused-ring (bicyclic) bond motifs is 1. The van der Waals surface area contributed by atoms with Crippen LogP contribution in [0.15, 0.2) is 11.4 Å². The number of rotatable bonds is 1. The molecule has 0 bridgehead atoms. The lowest BCUT2D eigenvalue weighted by molar-refractivity contribution is -0.426. The van der Waals surface area contributed by atoms with Gasteiger partial charge in [-0.1, -0.05) is 0 Å². The lowest BCUT2D eigenvalue weighted by atomic mass is 10.2. The monoisotopic (exact) mass is 184 g/mol. The number of hydrazine groups is 1. The van der Waals surface area contributed by atoms with Crippen LogP contribution in [0.1, 0.15) is 0 Å². The fourth-order valence-corrected chi connectivity index (χ4v) is 1.69. The Labute approximate surface area is 75.9 Å². The zero-order valence-corrected chi connectivity index (χ0v) is 7.49. The molecule has 2 rings (SSSR count). The smallest absolute Gasteiger partial charge is 0.283 e. The van der Waals surface area contributed by atoms with Crippen LogP contribution in [0.4, 0.5) is 0 Å². The lowest BCUT2D eigenvalue weighted by Gasteiger charge is -2.31. The molecule has 0 spiro atoms. The second-order valence-electron chi connectivity index (χ2n) is 3.37. The molecule has 1 fully saturated rings. The number of nitrogens with zero attached hydrogens (tertiary/aromatic N) is 3. The Bertz CT molecular complexity index is 276. The highest BCUT2D eigenvalue weighted by Gasteiger charge is 2.33. The van der Waals surface area contributed by atoms with Crippen molar-refractivity contribution in [2.45, 2.75) is 0 Å². The van der Waals surface area contributed by atoms with Crippen LogP contribution in [0.3, 0.4) is 0 Å². The Morgan fingerprint density at radius 3 is 3.00 bits per heavy atom. The van der Waals surface area contributed by atoms with Gasteiger partial charge in [-0.3, -0.25) is 15.0 Å². The second kappa shape index (κ2) is 2.97. The third kappa shape index (κ3) is 1.38. The molecule has 72 valence electrons. The van der Waals surface area contributed by atoms with Gasteiger partial charge in [0.05, 0.1) is 4.92 Å². The Kier molecular flexibility index (Phi) is 1.93. The SMILES string of the molecule is CN1CCN2NCC([N+](=O)[O-])=C2C1. The summed E-state index contributed by atoms with van der Waals surface area (Å²) in [7, 11) is 1.97. The molecule has 2 aliphatic rings. The van der Waals surface area contributed by atoms with Gasteiger partial charge in [-0.05, 0) is 7.05 Å². The van der Waals surface area contributed by atoms with Crippen molar-refractivity contribution in [3.05, 3.63) is 21.5 Å². The van der Waals surface area contributed by atoms with Crippen LogP contribution in [-0.4, -0.2) is 48.1 Å². The summed E-state index contributed by atoms with van der Waals surface area (Å²) in [5.41, 5.74) is 4.13. The van der Waals surface area contributed by atoms with Gasteiger partial charge in [0.1, 0.15) is 12.2 Å². The molecule has 2 heterocycles. The van der Waals surface area contributed by atoms with Crippen molar-refractivity contribution in [1.29, 1.82) is 0 Å². The molecular formula is C7H12N4O2. The standard InChI is InChI=1S/C7H12N4O2/c1-9-2-3-10-7(5-9)6(4-8-10)11(12)13/h8H,2-5H2,1H3. The van der Waals surface area contributed by atoms with Gasteiger partial charge in [0.25, 0.3) is 5.70 Å². The van der Waals surface area contributed by atoms with Crippen LogP contribution in [0, 0.1) is 10.1 Å². The molecule has 0 aromatic heterocycles. The Morgan fingerprint density at radius 2 is 2.31 bits per heavy atom. The van der Waals surface area contributed by atoms with Crippen LogP contribution in [0.5, 0.6) is 0 Å². The topological polar surface area (TPSA) is 61.6 Å². The molecule has 0 amide bonds. The van der Waals surface area contributed by atoms with E-state index in [1.165, 1.54) is 0 Å². The van der Waals surface area contributed by atoms with E-state index in [-0.39, 0.29) is 4.92 Å². The number of nitro groups is 1. The molecule has 13 heavy (non-hydrogen) atoms. The van der Waals surface area contributed by atoms with Crippen LogP contribution < -0.4 is 5.43 Å². The van der Waals surface area contributed by atoms with Gasteiger partial charge in [0.2, 0.25) is 0 Å². The van der Waals surface area contributed by atoms with Gasteiger partial charge >= 0.3 is 0 Å². The van der Waals surface area contributed by atoms with E-state index in [0.717, 1.165) is 18.8 Å². The molecule has 6 nitrogen and oxygen atoms in total. The van der Waals surface area contributed by atoms with Gasteiger partial charge in [0, 0.05) is 19.6 Å². The third-order valence-corrected chi connectivity index (χ3v) is 2.44. The van der Waals surface area contributed by atoms with E-state index in [1.807, 2.05) is 12.1 Å². The van der Waals surface area contributed by atoms with Gasteiger partial charge in [-0.2, -0.15) is 0 Å². The highest BCUT2D eigenvalue weighted by molar-refractivity contribution is 5.16. The van der Waals surface area contributed by atoms with Gasteiger partial charge in [0.15, 0.2) is 0 Å². The predicted octanol–water partition coefficient (Wildman–Crippen LogP) is -0.760. The molecule has 0 atom stereocenters. The molecule has 0 radical (unpaired) electrons. The molecular weight excluding hydrogens is 172 g/mol. The first-order chi connectivity index (χ1) is 6.18. The summed E-state index contributed by atoms with van der Waals surface area (Å²) in [6, 6.07) is 0. The fraction of sp³-hybridized carbons (Fsp3) is 0.714. The van der Waals surface area contributed by atoms with E-state index in [9.17, 15) is 10.1 Å². The molecule has 6 heteroatoms. The van der Waals surface area contributed by atoms with Crippen molar-refractivity contribution in [2.24, 2.45) is 0 Å². The Balaban J connectivity index is 2.25. The summed E-state index contributed by atoms with van der Waals surface area (Å²) in [5.74, 6) is 0. The molecule has 0 unspecified atom stereocenters. The van der Waals surface area contributed by atoms with Crippen LogP contribution in [0.2, 0.25) is 0 Å². The first kappa shape index (κ1) is 8.46. The average Bonchev–Trinajstić information content (AvgIpc) is 2.46. The summed E-state index contributed by atoms with van der Waals surface area (Å²) in [6.45, 7) is 2.80. The zero-order chi connectivity index (χ0) is 9.42.